The van der Waals surface area contributed by atoms with E-state index in [0.717, 1.165) is 6.08 Å². The molecular formula is C12H11NO5S. The van der Waals surface area contributed by atoms with Crippen LogP contribution in [0.5, 0.6) is 0 Å². The first-order valence-corrected chi connectivity index (χ1v) is 7.08. The fraction of sp³-hybridized carbons (Fsp3) is 0.250. The summed E-state index contributed by atoms with van der Waals surface area (Å²) in [5.41, 5.74) is 1.09. The van der Waals surface area contributed by atoms with Gasteiger partial charge in [0, 0.05) is 5.56 Å². The summed E-state index contributed by atoms with van der Waals surface area (Å²) in [5.74, 6) is 0.0752. The minimum Gasteiger partial charge on any atom is -0.494 e. The summed E-state index contributed by atoms with van der Waals surface area (Å²) in [6.07, 6.45) is 2.49. The number of isocyanates is 1. The van der Waals surface area contributed by atoms with E-state index >= 15 is 0 Å². The summed E-state index contributed by atoms with van der Waals surface area (Å²) in [7, 11) is -3.87. The van der Waals surface area contributed by atoms with Crippen molar-refractivity contribution in [1.82, 2.24) is 0 Å². The van der Waals surface area contributed by atoms with Crippen LogP contribution in [0.2, 0.25) is 0 Å². The summed E-state index contributed by atoms with van der Waals surface area (Å²) in [6.45, 7) is 0.860. The van der Waals surface area contributed by atoms with Crippen molar-refractivity contribution in [2.24, 2.45) is 4.40 Å². The Morgan fingerprint density at radius 3 is 2.74 bits per heavy atom. The van der Waals surface area contributed by atoms with Gasteiger partial charge in [-0.1, -0.05) is 28.7 Å². The van der Waals surface area contributed by atoms with Gasteiger partial charge in [-0.2, -0.15) is 0 Å². The molecule has 0 bridgehead atoms. The van der Waals surface area contributed by atoms with Crippen molar-refractivity contribution in [1.29, 1.82) is 0 Å². The molecule has 100 valence electrons. The molecule has 1 heterocycles. The first-order chi connectivity index (χ1) is 9.12. The third kappa shape index (κ3) is 3.43. The number of rotatable bonds is 4. The largest absolute Gasteiger partial charge is 0.494 e. The van der Waals surface area contributed by atoms with E-state index in [0.29, 0.717) is 30.1 Å². The highest BCUT2D eigenvalue weighted by Crippen LogP contribution is 2.24. The number of benzene rings is 1. The average molecular weight is 281 g/mol. The maximum atomic E-state index is 11.5. The lowest BCUT2D eigenvalue weighted by Gasteiger charge is -2.17. The molecule has 6 nitrogen and oxygen atoms in total. The summed E-state index contributed by atoms with van der Waals surface area (Å²) in [6, 6.07) is 6.80. The Morgan fingerprint density at radius 1 is 1.26 bits per heavy atom. The van der Waals surface area contributed by atoms with E-state index in [1.54, 1.807) is 24.3 Å². The quantitative estimate of drug-likeness (QED) is 0.611. The van der Waals surface area contributed by atoms with Crippen molar-refractivity contribution in [3.05, 3.63) is 41.7 Å². The van der Waals surface area contributed by atoms with Crippen LogP contribution in [0.4, 0.5) is 0 Å². The molecule has 19 heavy (non-hydrogen) atoms. The molecule has 0 saturated heterocycles. The fourth-order valence-electron chi connectivity index (χ4n) is 1.68. The van der Waals surface area contributed by atoms with Gasteiger partial charge in [-0.25, -0.2) is 13.2 Å². The zero-order valence-electron chi connectivity index (χ0n) is 9.90. The Hall–Kier alpha value is -2.11. The number of carbonyl (C=O) groups excluding carboxylic acids is 1. The Kier molecular flexibility index (Phi) is 3.99. The highest BCUT2D eigenvalue weighted by molar-refractivity contribution is 7.89. The van der Waals surface area contributed by atoms with Gasteiger partial charge in [0.05, 0.1) is 5.75 Å². The van der Waals surface area contributed by atoms with E-state index in [2.05, 4.69) is 4.40 Å². The van der Waals surface area contributed by atoms with Crippen molar-refractivity contribution in [2.75, 3.05) is 13.2 Å². The van der Waals surface area contributed by atoms with Crippen molar-refractivity contribution in [2.45, 2.75) is 5.75 Å². The second-order valence-corrected chi connectivity index (χ2v) is 5.40. The highest BCUT2D eigenvalue weighted by atomic mass is 32.2. The molecule has 0 unspecified atom stereocenters. The van der Waals surface area contributed by atoms with E-state index in [1.807, 2.05) is 0 Å². The van der Waals surface area contributed by atoms with Crippen LogP contribution >= 0.6 is 0 Å². The lowest BCUT2D eigenvalue weighted by Crippen LogP contribution is -2.10. The topological polar surface area (TPSA) is 82.0 Å². The number of hydrogen-bond donors (Lipinski definition) is 0. The molecule has 0 fully saturated rings. The van der Waals surface area contributed by atoms with Crippen LogP contribution < -0.4 is 0 Å². The van der Waals surface area contributed by atoms with Crippen molar-refractivity contribution < 1.29 is 22.7 Å². The summed E-state index contributed by atoms with van der Waals surface area (Å²) in [5, 5.41) is 0. The molecule has 0 amide bonds. The normalized spacial score (nSPS) is 14.6. The molecule has 1 aromatic rings. The Labute approximate surface area is 110 Å². The number of sulfonamides is 1. The van der Waals surface area contributed by atoms with Gasteiger partial charge in [0.2, 0.25) is 0 Å². The molecule has 0 aliphatic carbocycles. The van der Waals surface area contributed by atoms with Crippen LogP contribution in [0.3, 0.4) is 0 Å². The first kappa shape index (κ1) is 13.3. The summed E-state index contributed by atoms with van der Waals surface area (Å²) < 4.78 is 36.4. The third-order valence-corrected chi connectivity index (χ3v) is 3.47. The monoisotopic (exact) mass is 281 g/mol. The van der Waals surface area contributed by atoms with E-state index < -0.39 is 10.0 Å². The van der Waals surface area contributed by atoms with E-state index in [9.17, 15) is 13.2 Å². The van der Waals surface area contributed by atoms with Gasteiger partial charge in [0.1, 0.15) is 19.5 Å². The molecule has 0 saturated carbocycles. The second-order valence-electron chi connectivity index (χ2n) is 3.77. The van der Waals surface area contributed by atoms with Gasteiger partial charge in [-0.05, 0) is 5.56 Å². The van der Waals surface area contributed by atoms with Crippen LogP contribution in [-0.2, 0) is 30.0 Å². The van der Waals surface area contributed by atoms with Crippen LogP contribution in [0.15, 0.2) is 34.9 Å². The van der Waals surface area contributed by atoms with Crippen molar-refractivity contribution in [3.63, 3.8) is 0 Å². The summed E-state index contributed by atoms with van der Waals surface area (Å²) >= 11 is 0. The summed E-state index contributed by atoms with van der Waals surface area (Å²) in [4.78, 5) is 10.1. The Bertz CT molecular complexity index is 644. The van der Waals surface area contributed by atoms with Crippen LogP contribution in [0, 0.1) is 0 Å². The highest BCUT2D eigenvalue weighted by Gasteiger charge is 2.17. The molecule has 0 radical (unpaired) electrons. The Morgan fingerprint density at radius 2 is 2.05 bits per heavy atom. The van der Waals surface area contributed by atoms with Gasteiger partial charge >= 0.3 is 0 Å². The van der Waals surface area contributed by atoms with E-state index in [-0.39, 0.29) is 5.75 Å². The van der Waals surface area contributed by atoms with E-state index in [4.69, 9.17) is 9.47 Å². The molecule has 1 aliphatic heterocycles. The van der Waals surface area contributed by atoms with E-state index in [1.165, 1.54) is 6.26 Å². The SMILES string of the molecule is O=C=NS(=O)(=O)Cc1ccccc1C1=COCCO1. The predicted octanol–water partition coefficient (Wildman–Crippen LogP) is 1.20. The van der Waals surface area contributed by atoms with Crippen molar-refractivity contribution in [3.8, 4) is 0 Å². The minimum absolute atomic E-state index is 0.390. The second kappa shape index (κ2) is 5.69. The maximum Gasteiger partial charge on any atom is 0.267 e. The lowest BCUT2D eigenvalue weighted by atomic mass is 10.1. The van der Waals surface area contributed by atoms with Crippen LogP contribution in [0.25, 0.3) is 5.76 Å². The third-order valence-electron chi connectivity index (χ3n) is 2.45. The molecule has 0 aromatic heterocycles. The average Bonchev–Trinajstić information content (AvgIpc) is 2.40. The van der Waals surface area contributed by atoms with Crippen LogP contribution in [-0.4, -0.2) is 27.7 Å². The zero-order chi connectivity index (χ0) is 13.7. The van der Waals surface area contributed by atoms with Gasteiger partial charge in [0.15, 0.2) is 5.76 Å². The molecule has 0 spiro atoms. The molecule has 0 atom stereocenters. The van der Waals surface area contributed by atoms with Crippen molar-refractivity contribution >= 4 is 21.9 Å². The molecule has 2 rings (SSSR count). The molecule has 1 aliphatic rings. The minimum atomic E-state index is -3.87. The molecule has 7 heteroatoms. The number of nitrogens with zero attached hydrogens (tertiary/aromatic N) is 1. The van der Waals surface area contributed by atoms with Crippen LogP contribution in [0.1, 0.15) is 11.1 Å². The molecule has 0 N–H and O–H groups in total. The first-order valence-electron chi connectivity index (χ1n) is 5.47. The standard InChI is InChI=1S/C12H11NO5S/c14-9-13-19(15,16)8-10-3-1-2-4-11(10)12-7-17-5-6-18-12/h1-4,7H,5-6,8H2. The fourth-order valence-corrected chi connectivity index (χ4v) is 2.50. The van der Waals surface area contributed by atoms with Gasteiger partial charge in [-0.15, -0.1) is 0 Å². The maximum absolute atomic E-state index is 11.5. The molecular weight excluding hydrogens is 270 g/mol. The zero-order valence-corrected chi connectivity index (χ0v) is 10.7. The smallest absolute Gasteiger partial charge is 0.267 e. The molecule has 1 aromatic carbocycles. The van der Waals surface area contributed by atoms with Gasteiger partial charge in [0.25, 0.3) is 16.1 Å². The van der Waals surface area contributed by atoms with Gasteiger partial charge in [-0.3, -0.25) is 0 Å². The lowest BCUT2D eigenvalue weighted by molar-refractivity contribution is 0.125. The van der Waals surface area contributed by atoms with Gasteiger partial charge < -0.3 is 9.47 Å². The number of hydrogen-bond acceptors (Lipinski definition) is 5. The number of ether oxygens (including phenoxy) is 2. The Balaban J connectivity index is 2.36. The predicted molar refractivity (Wildman–Crippen MR) is 67.1 cm³/mol.